The Morgan fingerprint density at radius 2 is 1.29 bits per heavy atom. The molecular weight excluding hydrogens is 362 g/mol. The number of rotatable bonds is 2. The van der Waals surface area contributed by atoms with Crippen LogP contribution in [0, 0.1) is 0 Å². The summed E-state index contributed by atoms with van der Waals surface area (Å²) in [5, 5.41) is 0. The molecule has 0 spiro atoms. The first-order valence-electron chi connectivity index (χ1n) is 4.70. The smallest absolute Gasteiger partial charge is 1.00 e. The van der Waals surface area contributed by atoms with Crippen LogP contribution in [0.4, 0.5) is 0 Å². The molecule has 0 heterocycles. The summed E-state index contributed by atoms with van der Waals surface area (Å²) in [4.78, 5) is -0.0906. The van der Waals surface area contributed by atoms with Gasteiger partial charge in [-0.3, -0.25) is 4.55 Å². The molecule has 86 valence electrons. The molecule has 0 aliphatic rings. The van der Waals surface area contributed by atoms with E-state index < -0.39 is 10.1 Å². The summed E-state index contributed by atoms with van der Waals surface area (Å²) < 4.78 is 30.5. The van der Waals surface area contributed by atoms with Gasteiger partial charge in [-0.15, -0.1) is 0 Å². The minimum absolute atomic E-state index is 0. The fourth-order valence-corrected chi connectivity index (χ4v) is 1.93. The van der Waals surface area contributed by atoms with Gasteiger partial charge in [-0.2, -0.15) is 8.42 Å². The van der Waals surface area contributed by atoms with E-state index in [1.54, 1.807) is 12.1 Å². The van der Waals surface area contributed by atoms with E-state index in [1.807, 2.05) is 30.3 Å². The second-order valence-electron chi connectivity index (χ2n) is 3.37. The minimum Gasteiger partial charge on any atom is -1.00 e. The third-order valence-corrected chi connectivity index (χ3v) is 3.13. The van der Waals surface area contributed by atoms with Crippen LogP contribution >= 0.6 is 0 Å². The van der Waals surface area contributed by atoms with E-state index in [9.17, 15) is 8.42 Å². The molecule has 2 rings (SSSR count). The molecule has 0 aromatic heterocycles. The SMILES string of the molecule is O=S(=O)(O)c1ccc(-c2ccccc2)cc1.[Ba+2].[H-].[H-]. The molecule has 0 saturated carbocycles. The first-order chi connectivity index (χ1) is 7.57. The maximum atomic E-state index is 10.8. The van der Waals surface area contributed by atoms with Gasteiger partial charge in [0.15, 0.2) is 0 Å². The van der Waals surface area contributed by atoms with Crippen molar-refractivity contribution in [3.8, 4) is 11.1 Å². The van der Waals surface area contributed by atoms with Crippen molar-refractivity contribution in [2.75, 3.05) is 0 Å². The molecule has 1 N–H and O–H groups in total. The fraction of sp³-hybridized carbons (Fsp3) is 0. The van der Waals surface area contributed by atoms with Crippen LogP contribution in [0.3, 0.4) is 0 Å². The molecule has 0 aliphatic carbocycles. The molecule has 0 radical (unpaired) electrons. The van der Waals surface area contributed by atoms with Crippen molar-refractivity contribution in [2.24, 2.45) is 0 Å². The zero-order chi connectivity index (χ0) is 11.6. The van der Waals surface area contributed by atoms with Crippen LogP contribution in [0.15, 0.2) is 59.5 Å². The Balaban J connectivity index is 0. The van der Waals surface area contributed by atoms with Crippen molar-refractivity contribution >= 4 is 59.0 Å². The maximum Gasteiger partial charge on any atom is 2.00 e. The normalized spacial score (nSPS) is 10.6. The van der Waals surface area contributed by atoms with Gasteiger partial charge in [0.2, 0.25) is 0 Å². The Labute approximate surface area is 144 Å². The molecule has 0 fully saturated rings. The van der Waals surface area contributed by atoms with Gasteiger partial charge in [0, 0.05) is 0 Å². The second-order valence-corrected chi connectivity index (χ2v) is 4.79. The van der Waals surface area contributed by atoms with Gasteiger partial charge in [-0.1, -0.05) is 42.5 Å². The molecule has 5 heteroatoms. The molecule has 2 aromatic rings. The van der Waals surface area contributed by atoms with E-state index in [0.717, 1.165) is 11.1 Å². The summed E-state index contributed by atoms with van der Waals surface area (Å²) in [6.45, 7) is 0. The number of benzene rings is 2. The molecule has 2 aromatic carbocycles. The summed E-state index contributed by atoms with van der Waals surface area (Å²) >= 11 is 0. The Kier molecular flexibility index (Phi) is 5.46. The van der Waals surface area contributed by atoms with Crippen LogP contribution < -0.4 is 0 Å². The van der Waals surface area contributed by atoms with Crippen molar-refractivity contribution in [3.63, 3.8) is 0 Å². The summed E-state index contributed by atoms with van der Waals surface area (Å²) in [7, 11) is -4.10. The van der Waals surface area contributed by atoms with E-state index in [4.69, 9.17) is 4.55 Å². The summed E-state index contributed by atoms with van der Waals surface area (Å²) in [6.07, 6.45) is 0. The van der Waals surface area contributed by atoms with Crippen LogP contribution in [0.25, 0.3) is 11.1 Å². The van der Waals surface area contributed by atoms with E-state index >= 15 is 0 Å². The zero-order valence-electron chi connectivity index (χ0n) is 11.1. The number of hydrogen-bond acceptors (Lipinski definition) is 2. The maximum absolute atomic E-state index is 10.8. The van der Waals surface area contributed by atoms with Crippen LogP contribution in [0.2, 0.25) is 0 Å². The molecule has 17 heavy (non-hydrogen) atoms. The molecule has 0 atom stereocenters. The van der Waals surface area contributed by atoms with Gasteiger partial charge >= 0.3 is 48.9 Å². The Morgan fingerprint density at radius 1 is 0.824 bits per heavy atom. The molecule has 0 bridgehead atoms. The second kappa shape index (κ2) is 6.19. The van der Waals surface area contributed by atoms with Crippen LogP contribution in [0.5, 0.6) is 0 Å². The third kappa shape index (κ3) is 3.96. The predicted molar refractivity (Wildman–Crippen MR) is 69.7 cm³/mol. The Morgan fingerprint density at radius 3 is 1.76 bits per heavy atom. The van der Waals surface area contributed by atoms with Crippen LogP contribution in [0.1, 0.15) is 2.85 Å². The van der Waals surface area contributed by atoms with Gasteiger partial charge in [0.1, 0.15) is 0 Å². The fourth-order valence-electron chi connectivity index (χ4n) is 1.45. The summed E-state index contributed by atoms with van der Waals surface area (Å²) in [5.41, 5.74) is 1.91. The van der Waals surface area contributed by atoms with Crippen molar-refractivity contribution in [1.29, 1.82) is 0 Å². The molecule has 0 amide bonds. The van der Waals surface area contributed by atoms with Crippen molar-refractivity contribution < 1.29 is 15.8 Å². The van der Waals surface area contributed by atoms with Gasteiger partial charge in [-0.25, -0.2) is 0 Å². The minimum atomic E-state index is -4.10. The van der Waals surface area contributed by atoms with E-state index in [0.29, 0.717) is 0 Å². The topological polar surface area (TPSA) is 54.4 Å². The first-order valence-corrected chi connectivity index (χ1v) is 6.14. The van der Waals surface area contributed by atoms with E-state index in [2.05, 4.69) is 0 Å². The van der Waals surface area contributed by atoms with Crippen molar-refractivity contribution in [1.82, 2.24) is 0 Å². The monoisotopic (exact) mass is 374 g/mol. The Hall–Kier alpha value is -0.0786. The molecule has 0 aliphatic heterocycles. The van der Waals surface area contributed by atoms with E-state index in [1.165, 1.54) is 12.1 Å². The van der Waals surface area contributed by atoms with Gasteiger partial charge < -0.3 is 2.85 Å². The largest absolute Gasteiger partial charge is 2.00 e. The summed E-state index contributed by atoms with van der Waals surface area (Å²) in [6, 6.07) is 15.7. The van der Waals surface area contributed by atoms with Gasteiger partial charge in [0.05, 0.1) is 4.90 Å². The van der Waals surface area contributed by atoms with E-state index in [-0.39, 0.29) is 56.6 Å². The molecular formula is C12H12BaO3S. The number of hydrogen-bond donors (Lipinski definition) is 1. The zero-order valence-corrected chi connectivity index (χ0v) is 14.3. The van der Waals surface area contributed by atoms with Crippen molar-refractivity contribution in [3.05, 3.63) is 54.6 Å². The van der Waals surface area contributed by atoms with Gasteiger partial charge in [-0.05, 0) is 23.3 Å². The molecule has 3 nitrogen and oxygen atoms in total. The van der Waals surface area contributed by atoms with Crippen LogP contribution in [-0.4, -0.2) is 61.9 Å². The molecule has 0 unspecified atom stereocenters. The average Bonchev–Trinajstić information content (AvgIpc) is 2.29. The molecule has 0 saturated heterocycles. The third-order valence-electron chi connectivity index (χ3n) is 2.26. The first kappa shape index (κ1) is 15.0. The van der Waals surface area contributed by atoms with Crippen LogP contribution in [-0.2, 0) is 10.1 Å². The summed E-state index contributed by atoms with van der Waals surface area (Å²) in [5.74, 6) is 0. The predicted octanol–water partition coefficient (Wildman–Crippen LogP) is 2.44. The average molecular weight is 374 g/mol. The Bertz CT molecular complexity index is 586. The quantitative estimate of drug-likeness (QED) is 0.650. The van der Waals surface area contributed by atoms with Gasteiger partial charge in [0.25, 0.3) is 10.1 Å². The standard InChI is InChI=1S/C12H10O3S.Ba.2H/c13-16(14,15)12-8-6-11(7-9-12)10-4-2-1-3-5-10;;;/h1-9H,(H,13,14,15);;;/q;+2;2*-1. The van der Waals surface area contributed by atoms with Crippen molar-refractivity contribution in [2.45, 2.75) is 4.90 Å².